The summed E-state index contributed by atoms with van der Waals surface area (Å²) in [6.07, 6.45) is 4.51. The molecular weight excluding hydrogens is 292 g/mol. The van der Waals surface area contributed by atoms with E-state index in [4.69, 9.17) is 16.3 Å². The van der Waals surface area contributed by atoms with Crippen LogP contribution in [-0.2, 0) is 0 Å². The van der Waals surface area contributed by atoms with Gasteiger partial charge in [-0.2, -0.15) is 0 Å². The van der Waals surface area contributed by atoms with Crippen LogP contribution in [0, 0.1) is 6.20 Å². The molecule has 0 spiro atoms. The van der Waals surface area contributed by atoms with Crippen molar-refractivity contribution in [2.24, 2.45) is 0 Å². The van der Waals surface area contributed by atoms with E-state index >= 15 is 0 Å². The Hall–Kier alpha value is -1.91. The van der Waals surface area contributed by atoms with Crippen LogP contribution in [0.3, 0.4) is 0 Å². The van der Waals surface area contributed by atoms with Gasteiger partial charge in [-0.3, -0.25) is 0 Å². The molecule has 0 bridgehead atoms. The minimum atomic E-state index is 0.437. The van der Waals surface area contributed by atoms with Gasteiger partial charge in [0.15, 0.2) is 5.75 Å². The number of nitrogens with zero attached hydrogens (tertiary/aromatic N) is 2. The summed E-state index contributed by atoms with van der Waals surface area (Å²) in [4.78, 5) is 8.76. The third-order valence-corrected chi connectivity index (χ3v) is 4.16. The van der Waals surface area contributed by atoms with Gasteiger partial charge in [0.2, 0.25) is 0 Å². The van der Waals surface area contributed by atoms with Gasteiger partial charge >= 0.3 is 0 Å². The van der Waals surface area contributed by atoms with Crippen LogP contribution in [0.25, 0.3) is 27.6 Å². The van der Waals surface area contributed by atoms with Gasteiger partial charge in [0.1, 0.15) is 11.2 Å². The first-order valence-corrected chi connectivity index (χ1v) is 7.12. The van der Waals surface area contributed by atoms with E-state index in [1.54, 1.807) is 24.5 Å². The predicted octanol–water partition coefficient (Wildman–Crippen LogP) is 4.46. The van der Waals surface area contributed by atoms with E-state index in [2.05, 4.69) is 22.7 Å². The quantitative estimate of drug-likeness (QED) is 0.716. The van der Waals surface area contributed by atoms with Crippen molar-refractivity contribution in [2.75, 3.05) is 7.11 Å². The van der Waals surface area contributed by atoms with Gasteiger partial charge in [-0.1, -0.05) is 30.3 Å². The van der Waals surface area contributed by atoms with Crippen LogP contribution in [0.15, 0.2) is 30.2 Å². The van der Waals surface area contributed by atoms with Gasteiger partial charge in [0.25, 0.3) is 0 Å². The Balaban J connectivity index is 2.32. The van der Waals surface area contributed by atoms with Crippen LogP contribution < -0.4 is 4.74 Å². The number of hydrogen-bond donors (Lipinski definition) is 0. The maximum Gasteiger partial charge on any atom is 0.166 e. The first-order chi connectivity index (χ1) is 9.74. The summed E-state index contributed by atoms with van der Waals surface area (Å²) in [6.45, 7) is 3.73. The number of rotatable bonds is 3. The van der Waals surface area contributed by atoms with E-state index in [1.165, 1.54) is 0 Å². The maximum atomic E-state index is 6.40. The van der Waals surface area contributed by atoms with E-state index in [1.807, 2.05) is 23.6 Å². The van der Waals surface area contributed by atoms with E-state index < -0.39 is 0 Å². The number of fused-ring (bicyclic) bond motifs is 1. The van der Waals surface area contributed by atoms with Crippen molar-refractivity contribution in [3.05, 3.63) is 47.1 Å². The van der Waals surface area contributed by atoms with Crippen molar-refractivity contribution < 1.29 is 4.74 Å². The first kappa shape index (κ1) is 13.1. The Morgan fingerprint density at radius 3 is 3.00 bits per heavy atom. The monoisotopic (exact) mass is 301 g/mol. The fourth-order valence-corrected chi connectivity index (χ4v) is 3.11. The number of pyridine rings is 1. The molecule has 0 aliphatic rings. The molecule has 3 rings (SSSR count). The number of halogens is 1. The number of hydrogen-bond acceptors (Lipinski definition) is 4. The minimum Gasteiger partial charge on any atom is -0.493 e. The highest BCUT2D eigenvalue weighted by molar-refractivity contribution is 7.13. The smallest absolute Gasteiger partial charge is 0.166 e. The second-order valence-corrected chi connectivity index (χ2v) is 5.29. The molecule has 3 aromatic rings. The zero-order valence-electron chi connectivity index (χ0n) is 10.7. The van der Waals surface area contributed by atoms with Crippen LogP contribution in [0.1, 0.15) is 5.69 Å². The molecule has 99 valence electrons. The molecule has 0 fully saturated rings. The van der Waals surface area contributed by atoms with Crippen molar-refractivity contribution >= 4 is 39.9 Å². The number of thiazole rings is 1. The first-order valence-electron chi connectivity index (χ1n) is 5.87. The molecule has 1 radical (unpaired) electrons. The molecule has 0 aliphatic heterocycles. The van der Waals surface area contributed by atoms with Crippen LogP contribution in [-0.4, -0.2) is 17.1 Å². The zero-order chi connectivity index (χ0) is 14.1. The normalized spacial score (nSPS) is 10.7. The Kier molecular flexibility index (Phi) is 3.42. The fraction of sp³-hybridized carbons (Fsp3) is 0.0667. The number of ether oxygens (including phenoxy) is 1. The fourth-order valence-electron chi connectivity index (χ4n) is 1.95. The molecule has 0 aliphatic carbocycles. The molecule has 0 amide bonds. The molecule has 0 unspecified atom stereocenters. The largest absolute Gasteiger partial charge is 0.493 e. The Bertz CT molecular complexity index is 798. The van der Waals surface area contributed by atoms with Gasteiger partial charge in [0, 0.05) is 16.3 Å². The highest BCUT2D eigenvalue weighted by Gasteiger charge is 2.14. The van der Waals surface area contributed by atoms with Gasteiger partial charge in [-0.05, 0) is 12.1 Å². The summed E-state index contributed by atoms with van der Waals surface area (Å²) in [5.74, 6) is 0.437. The Morgan fingerprint density at radius 1 is 1.45 bits per heavy atom. The van der Waals surface area contributed by atoms with E-state index in [0.29, 0.717) is 10.8 Å². The number of benzene rings is 1. The summed E-state index contributed by atoms with van der Waals surface area (Å²) < 4.78 is 5.19. The molecule has 2 aromatic heterocycles. The SMILES string of the molecule is C=Cc1csc(-c2cccc3n[c]c(OC)c(Cl)c23)n1. The van der Waals surface area contributed by atoms with Crippen molar-refractivity contribution in [3.8, 4) is 16.3 Å². The molecule has 5 heteroatoms. The van der Waals surface area contributed by atoms with Crippen LogP contribution >= 0.6 is 22.9 Å². The molecular formula is C15H10ClN2OS. The molecule has 2 heterocycles. The summed E-state index contributed by atoms with van der Waals surface area (Å²) >= 11 is 7.94. The van der Waals surface area contributed by atoms with Crippen LogP contribution in [0.4, 0.5) is 0 Å². The summed E-state index contributed by atoms with van der Waals surface area (Å²) in [6, 6.07) is 5.79. The maximum absolute atomic E-state index is 6.40. The van der Waals surface area contributed by atoms with Crippen molar-refractivity contribution in [1.29, 1.82) is 0 Å². The molecule has 0 atom stereocenters. The van der Waals surface area contributed by atoms with E-state index in [-0.39, 0.29) is 0 Å². The van der Waals surface area contributed by atoms with Crippen LogP contribution in [0.2, 0.25) is 5.02 Å². The van der Waals surface area contributed by atoms with Crippen LogP contribution in [0.5, 0.6) is 5.75 Å². The summed E-state index contributed by atoms with van der Waals surface area (Å²) in [5.41, 5.74) is 2.55. The average Bonchev–Trinajstić information content (AvgIpc) is 2.96. The third kappa shape index (κ3) is 2.07. The number of methoxy groups -OCH3 is 1. The summed E-state index contributed by atoms with van der Waals surface area (Å²) in [5, 5.41) is 4.16. The lowest BCUT2D eigenvalue weighted by Gasteiger charge is -2.08. The second kappa shape index (κ2) is 5.23. The molecule has 20 heavy (non-hydrogen) atoms. The highest BCUT2D eigenvalue weighted by Crippen LogP contribution is 2.38. The third-order valence-electron chi connectivity index (χ3n) is 2.90. The van der Waals surface area contributed by atoms with Crippen molar-refractivity contribution in [1.82, 2.24) is 9.97 Å². The topological polar surface area (TPSA) is 35.0 Å². The molecule has 0 saturated heterocycles. The second-order valence-electron chi connectivity index (χ2n) is 4.05. The molecule has 3 nitrogen and oxygen atoms in total. The lowest BCUT2D eigenvalue weighted by atomic mass is 10.1. The highest BCUT2D eigenvalue weighted by atomic mass is 35.5. The van der Waals surface area contributed by atoms with E-state index in [9.17, 15) is 0 Å². The number of aromatic nitrogens is 2. The van der Waals surface area contributed by atoms with Gasteiger partial charge in [-0.15, -0.1) is 11.3 Å². The van der Waals surface area contributed by atoms with Gasteiger partial charge < -0.3 is 4.74 Å². The Morgan fingerprint density at radius 2 is 2.30 bits per heavy atom. The summed E-state index contributed by atoms with van der Waals surface area (Å²) in [7, 11) is 1.55. The average molecular weight is 302 g/mol. The van der Waals surface area contributed by atoms with Crippen molar-refractivity contribution in [2.45, 2.75) is 0 Å². The van der Waals surface area contributed by atoms with E-state index in [0.717, 1.165) is 27.2 Å². The van der Waals surface area contributed by atoms with Gasteiger partial charge in [0.05, 0.1) is 23.3 Å². The lowest BCUT2D eigenvalue weighted by Crippen LogP contribution is -1.90. The molecule has 1 aromatic carbocycles. The van der Waals surface area contributed by atoms with Crippen molar-refractivity contribution in [3.63, 3.8) is 0 Å². The molecule has 0 N–H and O–H groups in total. The zero-order valence-corrected chi connectivity index (χ0v) is 12.3. The lowest BCUT2D eigenvalue weighted by molar-refractivity contribution is 0.413. The Labute approximate surface area is 125 Å². The van der Waals surface area contributed by atoms with Gasteiger partial charge in [-0.25, -0.2) is 9.97 Å². The molecule has 0 saturated carbocycles. The predicted molar refractivity (Wildman–Crippen MR) is 83.3 cm³/mol. The standard InChI is InChI=1S/C15H10ClN2OS/c1-3-9-8-20-15(18-9)10-5-4-6-11-13(10)14(16)12(19-2)7-17-11/h3-6,8H,1H2,2H3. The minimum absolute atomic E-state index is 0.437.